The molecule has 5 aromatic heterocycles. The Bertz CT molecular complexity index is 3490. The summed E-state index contributed by atoms with van der Waals surface area (Å²) < 4.78 is 32.7. The fraction of sp³-hybridized carbons (Fsp3) is 0.135. The third-order valence-corrected chi connectivity index (χ3v) is 14.4. The van der Waals surface area contributed by atoms with E-state index < -0.39 is 14.0 Å². The maximum absolute atomic E-state index is 13.0. The molecule has 1 radical (unpaired) electrons. The maximum Gasteiger partial charge on any atom is 0.216 e. The summed E-state index contributed by atoms with van der Waals surface area (Å²) >= 11 is 1.83. The molecule has 11 rings (SSSR count). The van der Waals surface area contributed by atoms with E-state index in [4.69, 9.17) is 10.8 Å². The Balaban J connectivity index is 0.000000190. The molecule has 0 amide bonds. The molecule has 0 N–H and O–H groups in total. The molecule has 6 aromatic carbocycles. The van der Waals surface area contributed by atoms with Gasteiger partial charge in [-0.1, -0.05) is 117 Å². The number of aromatic nitrogens is 4. The van der Waals surface area contributed by atoms with E-state index >= 15 is 0 Å². The fourth-order valence-electron chi connectivity index (χ4n) is 8.31. The first kappa shape index (κ1) is 39.3. The van der Waals surface area contributed by atoms with Gasteiger partial charge in [-0.15, -0.1) is 59.4 Å². The summed E-state index contributed by atoms with van der Waals surface area (Å²) in [6.07, 6.45) is 3.77. The molecular weight excluding hydrogens is 968 g/mol. The number of aryl methyl sites for hydroxylation is 1. The standard InChI is InChI=1S/C35H20N3OS.C17H21FNSi.Ir/c1-20-17-18-28(33-30(20)23-11-4-7-16-29(23)40-33)38-27-15-6-5-14-26(27)37-34(38)25-13-8-12-24-31-22-10-3-2-9-21(22)19-36-35(31)39-32(24)25;1-12(2)15-10-16(13-6-8-14(18)9-7-13)19-11-17(15)20(3,4)5;/h2-12,14-19H,1H3;6,8-12H,1-5H3;/q2*-1;/i;12D;. The Morgan fingerprint density at radius 2 is 1.59 bits per heavy atom. The van der Waals surface area contributed by atoms with E-state index in [-0.39, 0.29) is 25.9 Å². The summed E-state index contributed by atoms with van der Waals surface area (Å²) in [5, 5.41) is 8.04. The fourth-order valence-corrected chi connectivity index (χ4v) is 11.2. The molecule has 0 saturated carbocycles. The number of pyridine rings is 2. The number of imidazole rings is 1. The average molecular weight is 1010 g/mol. The number of hydrogen-bond donors (Lipinski definition) is 0. The van der Waals surface area contributed by atoms with E-state index in [1.807, 2.05) is 61.8 Å². The molecule has 0 saturated heterocycles. The molecule has 9 heteroatoms. The van der Waals surface area contributed by atoms with Crippen molar-refractivity contribution in [2.45, 2.75) is 46.3 Å². The Morgan fingerprint density at radius 1 is 0.820 bits per heavy atom. The van der Waals surface area contributed by atoms with Crippen molar-refractivity contribution < 1.29 is 30.3 Å². The van der Waals surface area contributed by atoms with Gasteiger partial charge < -0.3 is 14.0 Å². The quantitative estimate of drug-likeness (QED) is 0.127. The van der Waals surface area contributed by atoms with Gasteiger partial charge in [0.1, 0.15) is 0 Å². The first-order valence-corrected chi connectivity index (χ1v) is 24.3. The smallest absolute Gasteiger partial charge is 0.216 e. The van der Waals surface area contributed by atoms with Gasteiger partial charge in [0.25, 0.3) is 0 Å². The molecule has 11 aromatic rings. The van der Waals surface area contributed by atoms with Crippen LogP contribution in [0.25, 0.3) is 92.4 Å². The van der Waals surface area contributed by atoms with Crippen LogP contribution in [0.4, 0.5) is 4.39 Å². The minimum atomic E-state index is -1.57. The van der Waals surface area contributed by atoms with Crippen LogP contribution in [-0.4, -0.2) is 27.6 Å². The third-order valence-electron chi connectivity index (χ3n) is 11.2. The van der Waals surface area contributed by atoms with Gasteiger partial charge in [-0.3, -0.25) is 9.37 Å². The molecule has 0 atom stereocenters. The van der Waals surface area contributed by atoms with Gasteiger partial charge in [-0.05, 0) is 58.9 Å². The molecular formula is C52H41FIrN4OSSi-2. The molecule has 0 fully saturated rings. The average Bonchev–Trinajstić information content (AvgIpc) is 3.96. The molecule has 0 unspecified atom stereocenters. The molecule has 0 aliphatic heterocycles. The van der Waals surface area contributed by atoms with Crippen LogP contribution in [0.5, 0.6) is 0 Å². The Morgan fingerprint density at radius 3 is 2.38 bits per heavy atom. The zero-order chi connectivity index (χ0) is 42.2. The van der Waals surface area contributed by atoms with Crippen LogP contribution in [-0.2, 0) is 20.1 Å². The summed E-state index contributed by atoms with van der Waals surface area (Å²) in [5.74, 6) is -0.191. The Hall–Kier alpha value is -5.83. The van der Waals surface area contributed by atoms with Gasteiger partial charge in [0, 0.05) is 65.9 Å². The van der Waals surface area contributed by atoms with E-state index in [9.17, 15) is 4.39 Å². The van der Waals surface area contributed by atoms with Gasteiger partial charge in [0.2, 0.25) is 5.71 Å². The van der Waals surface area contributed by atoms with Crippen molar-refractivity contribution >= 4 is 88.6 Å². The number of benzene rings is 6. The number of fused-ring (bicyclic) bond motifs is 9. The van der Waals surface area contributed by atoms with Gasteiger partial charge >= 0.3 is 0 Å². The van der Waals surface area contributed by atoms with Crippen LogP contribution < -0.4 is 5.19 Å². The van der Waals surface area contributed by atoms with Crippen molar-refractivity contribution in [2.75, 3.05) is 0 Å². The summed E-state index contributed by atoms with van der Waals surface area (Å²) in [6, 6.07) is 46.5. The number of halogens is 1. The zero-order valence-electron chi connectivity index (χ0n) is 35.5. The Kier molecular flexibility index (Phi) is 10.2. The molecule has 303 valence electrons. The normalized spacial score (nSPS) is 12.3. The van der Waals surface area contributed by atoms with Crippen molar-refractivity contribution in [3.63, 3.8) is 0 Å². The molecule has 61 heavy (non-hydrogen) atoms. The minimum Gasteiger partial charge on any atom is -0.486 e. The van der Waals surface area contributed by atoms with Crippen LogP contribution in [0.1, 0.15) is 32.2 Å². The second-order valence-corrected chi connectivity index (χ2v) is 22.6. The van der Waals surface area contributed by atoms with Crippen LogP contribution in [0, 0.1) is 24.9 Å². The van der Waals surface area contributed by atoms with Crippen molar-refractivity contribution in [2.24, 2.45) is 0 Å². The van der Waals surface area contributed by atoms with E-state index in [1.54, 1.807) is 6.07 Å². The monoisotopic (exact) mass is 1010 g/mol. The minimum absolute atomic E-state index is 0. The maximum atomic E-state index is 13.0. The topological polar surface area (TPSA) is 56.7 Å². The van der Waals surface area contributed by atoms with Crippen LogP contribution in [0.15, 0.2) is 138 Å². The SMILES string of the molecule is Cc1ccc(-n2c(-c3[c-]ccc4c3oc3ncc5ccccc5c34)nc3ccccc32)c2sc3ccccc3c12.[2H]C(C)(C)c1cc(-c2[c-]cc(F)cc2)ncc1[Si](C)(C)C.[Ir]. The van der Waals surface area contributed by atoms with Crippen molar-refractivity contribution in [1.82, 2.24) is 19.5 Å². The van der Waals surface area contributed by atoms with E-state index in [0.717, 1.165) is 72.1 Å². The van der Waals surface area contributed by atoms with E-state index in [1.165, 1.54) is 43.1 Å². The van der Waals surface area contributed by atoms with Crippen molar-refractivity contribution in [3.05, 3.63) is 163 Å². The van der Waals surface area contributed by atoms with Crippen LogP contribution in [0.2, 0.25) is 19.6 Å². The zero-order valence-corrected chi connectivity index (χ0v) is 38.7. The van der Waals surface area contributed by atoms with E-state index in [0.29, 0.717) is 5.71 Å². The number of para-hydroxylation sites is 2. The summed E-state index contributed by atoms with van der Waals surface area (Å²) in [7, 11) is -1.57. The number of nitrogens with zero attached hydrogens (tertiary/aromatic N) is 4. The summed E-state index contributed by atoms with van der Waals surface area (Å²) in [6.45, 7) is 12.7. The first-order chi connectivity index (χ1) is 29.3. The third kappa shape index (κ3) is 7.09. The largest absolute Gasteiger partial charge is 0.486 e. The summed E-state index contributed by atoms with van der Waals surface area (Å²) in [5.41, 5.74) is 9.05. The molecule has 0 aliphatic rings. The van der Waals surface area contributed by atoms with E-state index in [2.05, 4.69) is 132 Å². The summed E-state index contributed by atoms with van der Waals surface area (Å²) in [4.78, 5) is 14.4. The second kappa shape index (κ2) is 15.9. The molecule has 0 aliphatic carbocycles. The molecule has 5 nitrogen and oxygen atoms in total. The van der Waals surface area contributed by atoms with Crippen LogP contribution in [0.3, 0.4) is 0 Å². The van der Waals surface area contributed by atoms with Gasteiger partial charge in [0.15, 0.2) is 0 Å². The number of rotatable bonds is 5. The van der Waals surface area contributed by atoms with Gasteiger partial charge in [0.05, 0.1) is 40.9 Å². The number of furan rings is 1. The predicted molar refractivity (Wildman–Crippen MR) is 251 cm³/mol. The van der Waals surface area contributed by atoms with Gasteiger partial charge in [-0.2, -0.15) is 0 Å². The second-order valence-electron chi connectivity index (χ2n) is 16.5. The van der Waals surface area contributed by atoms with Gasteiger partial charge in [-0.25, -0.2) is 4.98 Å². The predicted octanol–water partition coefficient (Wildman–Crippen LogP) is 14.0. The van der Waals surface area contributed by atoms with Crippen molar-refractivity contribution in [1.29, 1.82) is 0 Å². The van der Waals surface area contributed by atoms with Crippen molar-refractivity contribution in [3.8, 4) is 28.3 Å². The molecule has 0 bridgehead atoms. The number of thiophene rings is 1. The number of hydrogen-bond acceptors (Lipinski definition) is 5. The van der Waals surface area contributed by atoms with Crippen LogP contribution >= 0.6 is 11.3 Å². The molecule has 0 spiro atoms. The Labute approximate surface area is 373 Å². The first-order valence-electron chi connectivity index (χ1n) is 20.5. The molecule has 5 heterocycles.